The number of unbranched alkanes of at least 4 members (excludes halogenated alkanes) is 4. The molecular formula is C24H24N2O3. The summed E-state index contributed by atoms with van der Waals surface area (Å²) in [5.74, 6) is 0.393. The number of allylic oxidation sites excluding steroid dienone is 1. The lowest BCUT2D eigenvalue weighted by Gasteiger charge is -2.08. The van der Waals surface area contributed by atoms with Crippen LogP contribution in [0.5, 0.6) is 5.75 Å². The molecule has 0 atom stereocenters. The Morgan fingerprint density at radius 1 is 1.10 bits per heavy atom. The number of methoxy groups -OCH3 is 1. The SMILES string of the molecule is CCCCCC/C=C\c1ccc2c(c1)C(=O)c1nc3c(OC)cccc3c(=O)n1-2. The maximum Gasteiger partial charge on any atom is 0.266 e. The second kappa shape index (κ2) is 8.03. The van der Waals surface area contributed by atoms with Crippen LogP contribution in [-0.4, -0.2) is 22.4 Å². The maximum atomic E-state index is 13.1. The smallest absolute Gasteiger partial charge is 0.266 e. The molecule has 0 saturated heterocycles. The first-order valence-corrected chi connectivity index (χ1v) is 10.1. The highest BCUT2D eigenvalue weighted by molar-refractivity contribution is 6.13. The molecule has 2 aromatic carbocycles. The Kier molecular flexibility index (Phi) is 5.30. The summed E-state index contributed by atoms with van der Waals surface area (Å²) in [5, 5.41) is 0.435. The lowest BCUT2D eigenvalue weighted by atomic mass is 10.1. The van der Waals surface area contributed by atoms with Crippen LogP contribution in [0, 0.1) is 0 Å². The number of fused-ring (bicyclic) bond motifs is 4. The van der Waals surface area contributed by atoms with Crippen molar-refractivity contribution in [2.24, 2.45) is 0 Å². The first kappa shape index (κ1) is 19.1. The van der Waals surface area contributed by atoms with E-state index >= 15 is 0 Å². The molecule has 4 rings (SSSR count). The third-order valence-electron chi connectivity index (χ3n) is 5.33. The summed E-state index contributed by atoms with van der Waals surface area (Å²) >= 11 is 0. The third-order valence-corrected chi connectivity index (χ3v) is 5.33. The Balaban J connectivity index is 1.70. The van der Waals surface area contributed by atoms with E-state index in [1.807, 2.05) is 24.3 Å². The van der Waals surface area contributed by atoms with E-state index in [-0.39, 0.29) is 17.2 Å². The van der Waals surface area contributed by atoms with Crippen molar-refractivity contribution < 1.29 is 9.53 Å². The largest absolute Gasteiger partial charge is 0.494 e. The average Bonchev–Trinajstić information content (AvgIpc) is 3.02. The van der Waals surface area contributed by atoms with Gasteiger partial charge in [-0.3, -0.25) is 14.2 Å². The van der Waals surface area contributed by atoms with Crippen LogP contribution in [0.4, 0.5) is 0 Å². The van der Waals surface area contributed by atoms with E-state index in [4.69, 9.17) is 4.74 Å². The van der Waals surface area contributed by atoms with E-state index in [0.29, 0.717) is 27.9 Å². The summed E-state index contributed by atoms with van der Waals surface area (Å²) in [6.45, 7) is 2.20. The van der Waals surface area contributed by atoms with Crippen LogP contribution in [0.3, 0.4) is 0 Å². The van der Waals surface area contributed by atoms with Crippen molar-refractivity contribution in [2.75, 3.05) is 7.11 Å². The first-order valence-electron chi connectivity index (χ1n) is 10.1. The van der Waals surface area contributed by atoms with Crippen molar-refractivity contribution >= 4 is 22.8 Å². The Morgan fingerprint density at radius 2 is 1.97 bits per heavy atom. The molecule has 2 heterocycles. The number of nitrogens with zero attached hydrogens (tertiary/aromatic N) is 2. The zero-order chi connectivity index (χ0) is 20.4. The van der Waals surface area contributed by atoms with Gasteiger partial charge in [0.25, 0.3) is 5.56 Å². The molecule has 0 aliphatic carbocycles. The Morgan fingerprint density at radius 3 is 2.76 bits per heavy atom. The molecule has 0 fully saturated rings. The fourth-order valence-electron chi connectivity index (χ4n) is 3.79. The van der Waals surface area contributed by atoms with Gasteiger partial charge in [0.1, 0.15) is 11.3 Å². The molecule has 148 valence electrons. The molecule has 1 aliphatic heterocycles. The summed E-state index contributed by atoms with van der Waals surface area (Å²) in [4.78, 5) is 30.6. The molecule has 0 unspecified atom stereocenters. The van der Waals surface area contributed by atoms with E-state index in [9.17, 15) is 9.59 Å². The lowest BCUT2D eigenvalue weighted by Crippen LogP contribution is -2.21. The van der Waals surface area contributed by atoms with Crippen molar-refractivity contribution in [3.05, 3.63) is 69.8 Å². The number of benzene rings is 2. The van der Waals surface area contributed by atoms with E-state index in [1.54, 1.807) is 18.2 Å². The molecule has 0 saturated carbocycles. The molecule has 1 aromatic heterocycles. The second-order valence-corrected chi connectivity index (χ2v) is 7.29. The summed E-state index contributed by atoms with van der Waals surface area (Å²) in [6, 6.07) is 10.8. The molecule has 3 aromatic rings. The summed E-state index contributed by atoms with van der Waals surface area (Å²) in [5.41, 5.74) is 2.22. The summed E-state index contributed by atoms with van der Waals surface area (Å²) < 4.78 is 6.74. The normalized spacial score (nSPS) is 12.6. The molecule has 0 bridgehead atoms. The monoisotopic (exact) mass is 388 g/mol. The maximum absolute atomic E-state index is 13.1. The standard InChI is InChI=1S/C24H24N2O3/c1-3-4-5-6-7-8-10-16-13-14-19-18(15-16)22(27)23-25-21-17(24(28)26(19)23)11-9-12-20(21)29-2/h8-15H,3-7H2,1-2H3/b10-8-. The summed E-state index contributed by atoms with van der Waals surface area (Å²) in [6.07, 6.45) is 10.1. The van der Waals surface area contributed by atoms with Gasteiger partial charge in [0.15, 0.2) is 5.82 Å². The van der Waals surface area contributed by atoms with E-state index in [1.165, 1.54) is 37.4 Å². The van der Waals surface area contributed by atoms with Crippen LogP contribution in [0.1, 0.15) is 60.8 Å². The van der Waals surface area contributed by atoms with Gasteiger partial charge in [-0.2, -0.15) is 0 Å². The van der Waals surface area contributed by atoms with Gasteiger partial charge in [0.2, 0.25) is 5.78 Å². The number of ether oxygens (including phenoxy) is 1. The van der Waals surface area contributed by atoms with Crippen LogP contribution in [-0.2, 0) is 0 Å². The zero-order valence-electron chi connectivity index (χ0n) is 16.8. The minimum absolute atomic E-state index is 0.141. The lowest BCUT2D eigenvalue weighted by molar-refractivity contribution is 0.103. The summed E-state index contributed by atoms with van der Waals surface area (Å²) in [7, 11) is 1.53. The molecule has 5 heteroatoms. The molecule has 0 N–H and O–H groups in total. The van der Waals surface area contributed by atoms with Gasteiger partial charge >= 0.3 is 0 Å². The number of hydrogen-bond acceptors (Lipinski definition) is 4. The van der Waals surface area contributed by atoms with Gasteiger partial charge in [-0.05, 0) is 42.7 Å². The van der Waals surface area contributed by atoms with E-state index in [2.05, 4.69) is 18.0 Å². The fourth-order valence-corrected chi connectivity index (χ4v) is 3.79. The fraction of sp³-hybridized carbons (Fsp3) is 0.292. The molecule has 0 spiro atoms. The highest BCUT2D eigenvalue weighted by Gasteiger charge is 2.30. The Hall–Kier alpha value is -3.21. The van der Waals surface area contributed by atoms with Crippen molar-refractivity contribution in [2.45, 2.75) is 39.0 Å². The second-order valence-electron chi connectivity index (χ2n) is 7.29. The number of ketones is 1. The number of aromatic nitrogens is 2. The number of hydrogen-bond donors (Lipinski definition) is 0. The van der Waals surface area contributed by atoms with Gasteiger partial charge in [0.05, 0.1) is 23.7 Å². The topological polar surface area (TPSA) is 61.2 Å². The van der Waals surface area contributed by atoms with Gasteiger partial charge in [-0.25, -0.2) is 4.98 Å². The molecule has 1 aliphatic rings. The minimum Gasteiger partial charge on any atom is -0.494 e. The number of carbonyl (C=O) groups is 1. The highest BCUT2D eigenvalue weighted by atomic mass is 16.5. The van der Waals surface area contributed by atoms with Gasteiger partial charge in [-0.15, -0.1) is 0 Å². The Bertz CT molecular complexity index is 1170. The van der Waals surface area contributed by atoms with Crippen LogP contribution in [0.15, 0.2) is 47.3 Å². The van der Waals surface area contributed by atoms with Crippen molar-refractivity contribution in [3.63, 3.8) is 0 Å². The molecule has 5 nitrogen and oxygen atoms in total. The highest BCUT2D eigenvalue weighted by Crippen LogP contribution is 2.29. The minimum atomic E-state index is -0.254. The quantitative estimate of drug-likeness (QED) is 0.422. The molecule has 29 heavy (non-hydrogen) atoms. The van der Waals surface area contributed by atoms with Crippen molar-refractivity contribution in [3.8, 4) is 11.4 Å². The molecular weight excluding hydrogens is 364 g/mol. The first-order chi connectivity index (χ1) is 14.2. The van der Waals surface area contributed by atoms with Crippen molar-refractivity contribution in [1.82, 2.24) is 9.55 Å². The Labute approximate surface area is 169 Å². The predicted molar refractivity (Wildman–Crippen MR) is 115 cm³/mol. The van der Waals surface area contributed by atoms with Crippen LogP contribution >= 0.6 is 0 Å². The van der Waals surface area contributed by atoms with Crippen LogP contribution < -0.4 is 10.3 Å². The van der Waals surface area contributed by atoms with E-state index in [0.717, 1.165) is 12.0 Å². The predicted octanol–water partition coefficient (Wildman–Crippen LogP) is 4.92. The number of carbonyl (C=O) groups excluding carboxylic acids is 1. The van der Waals surface area contributed by atoms with Gasteiger partial charge < -0.3 is 4.74 Å². The third kappa shape index (κ3) is 3.37. The van der Waals surface area contributed by atoms with Crippen LogP contribution in [0.2, 0.25) is 0 Å². The van der Waals surface area contributed by atoms with E-state index < -0.39 is 0 Å². The number of rotatable bonds is 7. The average molecular weight is 388 g/mol. The molecule has 0 radical (unpaired) electrons. The van der Waals surface area contributed by atoms with Gasteiger partial charge in [0, 0.05) is 0 Å². The number of para-hydroxylation sites is 1. The van der Waals surface area contributed by atoms with Crippen LogP contribution in [0.25, 0.3) is 22.7 Å². The van der Waals surface area contributed by atoms with Gasteiger partial charge in [-0.1, -0.05) is 50.5 Å². The van der Waals surface area contributed by atoms with Crippen molar-refractivity contribution in [1.29, 1.82) is 0 Å². The zero-order valence-corrected chi connectivity index (χ0v) is 16.8. The molecule has 0 amide bonds.